The number of aromatic hydroxyl groups is 1. The number of hydrogen-bond acceptors (Lipinski definition) is 7. The standard InChI is InChI=1S/C15H21IO3.C9H18O3.C6H5IO/c1-11(5-10-14(17)19-15(2,3)4)18-13-8-6-12(16)7-9-13;1-7(10)5-6-8(11)12-9(2,3)4;7-5-1-3-6(8)4-2-5/h6-9,11H,5,10H2,1-4H3;7,10H,5-6H2,1-4H3;1-4,8H. The number of halogens is 2. The zero-order chi connectivity index (χ0) is 30.2. The average Bonchev–Trinajstić information content (AvgIpc) is 2.78. The molecule has 7 nitrogen and oxygen atoms in total. The number of phenolic OH excluding ortho intramolecular Hbond substituents is 1. The van der Waals surface area contributed by atoms with Crippen LogP contribution >= 0.6 is 45.2 Å². The van der Waals surface area contributed by atoms with Gasteiger partial charge in [-0.2, -0.15) is 0 Å². The molecule has 2 atom stereocenters. The van der Waals surface area contributed by atoms with Crippen LogP contribution in [0.15, 0.2) is 48.5 Å². The zero-order valence-electron chi connectivity index (χ0n) is 24.3. The summed E-state index contributed by atoms with van der Waals surface area (Å²) in [4.78, 5) is 22.6. The maximum absolute atomic E-state index is 11.6. The molecule has 2 aromatic carbocycles. The molecule has 2 N–H and O–H groups in total. The van der Waals surface area contributed by atoms with Gasteiger partial charge in [-0.3, -0.25) is 9.59 Å². The fraction of sp³-hybridized carbons (Fsp3) is 0.533. The third-order valence-corrected chi connectivity index (χ3v) is 5.78. The number of esters is 2. The van der Waals surface area contributed by atoms with Crippen LogP contribution in [0.4, 0.5) is 0 Å². The van der Waals surface area contributed by atoms with Crippen LogP contribution in [0.1, 0.15) is 81.1 Å². The number of carbonyl (C=O) groups excluding carboxylic acids is 2. The second kappa shape index (κ2) is 18.7. The summed E-state index contributed by atoms with van der Waals surface area (Å²) >= 11 is 4.44. The minimum atomic E-state index is -0.433. The average molecular weight is 770 g/mol. The van der Waals surface area contributed by atoms with E-state index >= 15 is 0 Å². The number of benzene rings is 2. The fourth-order valence-corrected chi connectivity index (χ4v) is 3.40. The van der Waals surface area contributed by atoms with E-state index in [0.717, 1.165) is 9.32 Å². The number of phenols is 1. The largest absolute Gasteiger partial charge is 0.508 e. The first-order chi connectivity index (χ1) is 17.9. The van der Waals surface area contributed by atoms with Gasteiger partial charge in [0, 0.05) is 20.0 Å². The second-order valence-electron chi connectivity index (χ2n) is 11.0. The van der Waals surface area contributed by atoms with Gasteiger partial charge in [0.2, 0.25) is 0 Å². The molecule has 0 aromatic heterocycles. The van der Waals surface area contributed by atoms with Crippen molar-refractivity contribution in [1.82, 2.24) is 0 Å². The Balaban J connectivity index is 0.000000614. The molecule has 9 heteroatoms. The van der Waals surface area contributed by atoms with Crippen molar-refractivity contribution >= 4 is 57.1 Å². The minimum Gasteiger partial charge on any atom is -0.508 e. The molecule has 0 amide bonds. The predicted octanol–water partition coefficient (Wildman–Crippen LogP) is 7.67. The summed E-state index contributed by atoms with van der Waals surface area (Å²) in [5.41, 5.74) is -0.840. The Morgan fingerprint density at radius 1 is 0.744 bits per heavy atom. The van der Waals surface area contributed by atoms with Gasteiger partial charge in [-0.15, -0.1) is 0 Å². The van der Waals surface area contributed by atoms with Gasteiger partial charge in [-0.1, -0.05) is 0 Å². The van der Waals surface area contributed by atoms with Crippen LogP contribution < -0.4 is 4.74 Å². The Morgan fingerprint density at radius 3 is 1.49 bits per heavy atom. The van der Waals surface area contributed by atoms with Crippen molar-refractivity contribution in [2.75, 3.05) is 0 Å². The highest BCUT2D eigenvalue weighted by molar-refractivity contribution is 14.1. The molecule has 220 valence electrons. The van der Waals surface area contributed by atoms with E-state index in [1.165, 1.54) is 3.57 Å². The van der Waals surface area contributed by atoms with E-state index in [9.17, 15) is 9.59 Å². The molecule has 0 fully saturated rings. The molecule has 0 saturated heterocycles. The summed E-state index contributed by atoms with van der Waals surface area (Å²) in [6.07, 6.45) is 1.35. The molecule has 0 saturated carbocycles. The molecular weight excluding hydrogens is 726 g/mol. The summed E-state index contributed by atoms with van der Waals surface area (Å²) in [7, 11) is 0. The molecule has 0 aliphatic heterocycles. The molecule has 0 radical (unpaired) electrons. The maximum Gasteiger partial charge on any atom is 0.306 e. The highest BCUT2D eigenvalue weighted by Gasteiger charge is 2.17. The van der Waals surface area contributed by atoms with E-state index in [-0.39, 0.29) is 24.5 Å². The van der Waals surface area contributed by atoms with Gasteiger partial charge < -0.3 is 24.4 Å². The van der Waals surface area contributed by atoms with Crippen molar-refractivity contribution in [3.8, 4) is 11.5 Å². The zero-order valence-corrected chi connectivity index (χ0v) is 28.6. The van der Waals surface area contributed by atoms with E-state index in [1.54, 1.807) is 19.1 Å². The third kappa shape index (κ3) is 24.0. The van der Waals surface area contributed by atoms with Gasteiger partial charge in [0.25, 0.3) is 0 Å². The van der Waals surface area contributed by atoms with Crippen molar-refractivity contribution in [3.05, 3.63) is 55.7 Å². The fourth-order valence-electron chi connectivity index (χ4n) is 2.68. The van der Waals surface area contributed by atoms with E-state index in [1.807, 2.05) is 84.9 Å². The van der Waals surface area contributed by atoms with Gasteiger partial charge in [-0.25, -0.2) is 0 Å². The van der Waals surface area contributed by atoms with Gasteiger partial charge in [0.05, 0.1) is 12.2 Å². The van der Waals surface area contributed by atoms with Gasteiger partial charge in [0.1, 0.15) is 22.7 Å². The molecule has 39 heavy (non-hydrogen) atoms. The lowest BCUT2D eigenvalue weighted by Gasteiger charge is -2.20. The van der Waals surface area contributed by atoms with E-state index in [2.05, 4.69) is 45.2 Å². The summed E-state index contributed by atoms with van der Waals surface area (Å²) in [6.45, 7) is 14.7. The van der Waals surface area contributed by atoms with E-state index in [4.69, 9.17) is 24.4 Å². The van der Waals surface area contributed by atoms with Crippen LogP contribution in [0.3, 0.4) is 0 Å². The van der Waals surface area contributed by atoms with Crippen molar-refractivity contribution in [1.29, 1.82) is 0 Å². The lowest BCUT2D eigenvalue weighted by atomic mass is 10.2. The van der Waals surface area contributed by atoms with Crippen molar-refractivity contribution < 1.29 is 34.0 Å². The molecule has 0 aliphatic carbocycles. The molecule has 0 aliphatic rings. The topological polar surface area (TPSA) is 102 Å². The number of rotatable bonds is 8. The van der Waals surface area contributed by atoms with Gasteiger partial charge in [-0.05, 0) is 162 Å². The molecule has 0 spiro atoms. The highest BCUT2D eigenvalue weighted by Crippen LogP contribution is 2.17. The lowest BCUT2D eigenvalue weighted by Crippen LogP contribution is -2.25. The van der Waals surface area contributed by atoms with Crippen LogP contribution in [0.25, 0.3) is 0 Å². The highest BCUT2D eigenvalue weighted by atomic mass is 127. The van der Waals surface area contributed by atoms with Crippen LogP contribution in [-0.4, -0.2) is 45.6 Å². The van der Waals surface area contributed by atoms with Crippen LogP contribution in [0.5, 0.6) is 11.5 Å². The third-order valence-electron chi connectivity index (χ3n) is 4.34. The maximum atomic E-state index is 11.6. The van der Waals surface area contributed by atoms with Crippen molar-refractivity contribution in [3.63, 3.8) is 0 Å². The molecule has 0 heterocycles. The van der Waals surface area contributed by atoms with E-state index in [0.29, 0.717) is 25.0 Å². The second-order valence-corrected chi connectivity index (χ2v) is 13.4. The Morgan fingerprint density at radius 2 is 1.13 bits per heavy atom. The quantitative estimate of drug-likeness (QED) is 0.210. The van der Waals surface area contributed by atoms with Gasteiger partial charge >= 0.3 is 11.9 Å². The number of aliphatic hydroxyl groups is 1. The van der Waals surface area contributed by atoms with Crippen LogP contribution in [-0.2, 0) is 19.1 Å². The number of hydrogen-bond donors (Lipinski definition) is 2. The summed E-state index contributed by atoms with van der Waals surface area (Å²) in [6, 6.07) is 14.9. The SMILES string of the molecule is CC(CCC(=O)OC(C)(C)C)Oc1ccc(I)cc1.CC(O)CCC(=O)OC(C)(C)C.Oc1ccc(I)cc1. The first-order valence-corrected chi connectivity index (χ1v) is 15.0. The lowest BCUT2D eigenvalue weighted by molar-refractivity contribution is -0.156. The van der Waals surface area contributed by atoms with Crippen LogP contribution in [0, 0.1) is 7.14 Å². The molecule has 2 unspecified atom stereocenters. The Hall–Kier alpha value is -1.60. The first-order valence-electron chi connectivity index (χ1n) is 12.8. The Kier molecular flexibility index (Phi) is 17.9. The van der Waals surface area contributed by atoms with Crippen molar-refractivity contribution in [2.24, 2.45) is 0 Å². The molecule has 2 rings (SSSR count). The smallest absolute Gasteiger partial charge is 0.306 e. The summed E-state index contributed by atoms with van der Waals surface area (Å²) in [5.74, 6) is 0.733. The number of ether oxygens (including phenoxy) is 3. The Labute approximate surface area is 261 Å². The molecule has 2 aromatic rings. The molecule has 0 bridgehead atoms. The summed E-state index contributed by atoms with van der Waals surface area (Å²) in [5, 5.41) is 17.6. The normalized spacial score (nSPS) is 12.5. The summed E-state index contributed by atoms with van der Waals surface area (Å²) < 4.78 is 18.3. The van der Waals surface area contributed by atoms with Crippen molar-refractivity contribution in [2.45, 2.75) is 104 Å². The molecular formula is C30H44I2O7. The van der Waals surface area contributed by atoms with E-state index < -0.39 is 17.3 Å². The number of aliphatic hydroxyl groups excluding tert-OH is 1. The van der Waals surface area contributed by atoms with Gasteiger partial charge in [0.15, 0.2) is 0 Å². The monoisotopic (exact) mass is 770 g/mol. The number of carbonyl (C=O) groups is 2. The minimum absolute atomic E-state index is 0.00687. The predicted molar refractivity (Wildman–Crippen MR) is 172 cm³/mol. The van der Waals surface area contributed by atoms with Crippen LogP contribution in [0.2, 0.25) is 0 Å². The first kappa shape index (κ1) is 37.4. The Bertz CT molecular complexity index is 940.